The van der Waals surface area contributed by atoms with Gasteiger partial charge in [0.05, 0.1) is 7.11 Å². The van der Waals surface area contributed by atoms with Crippen molar-refractivity contribution in [2.24, 2.45) is 11.1 Å². The summed E-state index contributed by atoms with van der Waals surface area (Å²) in [6.45, 7) is 2.27. The summed E-state index contributed by atoms with van der Waals surface area (Å²) in [7, 11) is 1.64. The Labute approximate surface area is 108 Å². The van der Waals surface area contributed by atoms with E-state index in [4.69, 9.17) is 22.1 Å². The molecule has 0 bridgehead atoms. The zero-order valence-corrected chi connectivity index (χ0v) is 11.3. The summed E-state index contributed by atoms with van der Waals surface area (Å²) < 4.78 is 5.16. The molecule has 94 valence electrons. The quantitative estimate of drug-likeness (QED) is 0.886. The molecule has 1 aromatic rings. The Bertz CT molecular complexity index is 399. The van der Waals surface area contributed by atoms with Crippen LogP contribution in [0.25, 0.3) is 0 Å². The van der Waals surface area contributed by atoms with Crippen molar-refractivity contribution in [3.63, 3.8) is 0 Å². The topological polar surface area (TPSA) is 35.2 Å². The fourth-order valence-corrected chi connectivity index (χ4v) is 3.04. The van der Waals surface area contributed by atoms with E-state index in [2.05, 4.69) is 6.92 Å². The molecule has 1 fully saturated rings. The summed E-state index contributed by atoms with van der Waals surface area (Å²) in [5.41, 5.74) is 7.63. The average molecular weight is 254 g/mol. The molecule has 0 spiro atoms. The first-order chi connectivity index (χ1) is 8.07. The molecule has 0 radical (unpaired) electrons. The number of halogens is 1. The first-order valence-corrected chi connectivity index (χ1v) is 6.54. The number of hydrogen-bond donors (Lipinski definition) is 1. The van der Waals surface area contributed by atoms with E-state index in [1.807, 2.05) is 18.2 Å². The monoisotopic (exact) mass is 253 g/mol. The second-order valence-electron chi connectivity index (χ2n) is 5.23. The summed E-state index contributed by atoms with van der Waals surface area (Å²) in [5.74, 6) is 0.780. The van der Waals surface area contributed by atoms with Crippen molar-refractivity contribution >= 4 is 11.6 Å². The van der Waals surface area contributed by atoms with E-state index in [0.717, 1.165) is 11.3 Å². The number of ether oxygens (including phenoxy) is 1. The standard InChI is InChI=1S/C14H20ClNO/c1-14(7-3-4-8-14)13(16)11-6-5-10(17-2)9-12(11)15/h5-6,9,13H,3-4,7-8,16H2,1-2H3. The second-order valence-corrected chi connectivity index (χ2v) is 5.63. The summed E-state index contributed by atoms with van der Waals surface area (Å²) in [5, 5.41) is 0.713. The zero-order valence-electron chi connectivity index (χ0n) is 10.5. The summed E-state index contributed by atoms with van der Waals surface area (Å²) in [4.78, 5) is 0. The number of methoxy groups -OCH3 is 1. The van der Waals surface area contributed by atoms with E-state index >= 15 is 0 Å². The van der Waals surface area contributed by atoms with Crippen LogP contribution in [0.15, 0.2) is 18.2 Å². The van der Waals surface area contributed by atoms with Crippen LogP contribution in [0, 0.1) is 5.41 Å². The predicted molar refractivity (Wildman–Crippen MR) is 71.5 cm³/mol. The van der Waals surface area contributed by atoms with Gasteiger partial charge in [0.15, 0.2) is 0 Å². The molecule has 0 amide bonds. The van der Waals surface area contributed by atoms with Crippen molar-refractivity contribution in [1.29, 1.82) is 0 Å². The fourth-order valence-electron chi connectivity index (χ4n) is 2.76. The Morgan fingerprint density at radius 1 is 1.35 bits per heavy atom. The Morgan fingerprint density at radius 3 is 2.53 bits per heavy atom. The third kappa shape index (κ3) is 2.43. The van der Waals surface area contributed by atoms with E-state index in [0.29, 0.717) is 5.02 Å². The largest absolute Gasteiger partial charge is 0.497 e. The van der Waals surface area contributed by atoms with Crippen LogP contribution in [-0.2, 0) is 0 Å². The molecule has 1 saturated carbocycles. The van der Waals surface area contributed by atoms with Crippen LogP contribution in [0.1, 0.15) is 44.2 Å². The fraction of sp³-hybridized carbons (Fsp3) is 0.571. The number of hydrogen-bond acceptors (Lipinski definition) is 2. The normalized spacial score (nSPS) is 20.2. The lowest BCUT2D eigenvalue weighted by Gasteiger charge is -2.32. The molecule has 1 atom stereocenters. The van der Waals surface area contributed by atoms with Crippen LogP contribution in [0.3, 0.4) is 0 Å². The summed E-state index contributed by atoms with van der Waals surface area (Å²) >= 11 is 6.28. The highest BCUT2D eigenvalue weighted by Crippen LogP contribution is 2.47. The molecule has 2 nitrogen and oxygen atoms in total. The molecular formula is C14H20ClNO. The molecule has 2 N–H and O–H groups in total. The first kappa shape index (κ1) is 12.7. The Balaban J connectivity index is 2.27. The van der Waals surface area contributed by atoms with Gasteiger partial charge in [0, 0.05) is 11.1 Å². The smallest absolute Gasteiger partial charge is 0.120 e. The predicted octanol–water partition coefficient (Wildman–Crippen LogP) is 3.93. The Morgan fingerprint density at radius 2 is 2.00 bits per heavy atom. The Hall–Kier alpha value is -0.730. The van der Waals surface area contributed by atoms with Gasteiger partial charge in [-0.05, 0) is 36.0 Å². The molecule has 0 aromatic heterocycles. The molecule has 1 unspecified atom stereocenters. The lowest BCUT2D eigenvalue weighted by Crippen LogP contribution is -2.29. The molecule has 1 aliphatic carbocycles. The summed E-state index contributed by atoms with van der Waals surface area (Å²) in [6, 6.07) is 5.78. The minimum absolute atomic E-state index is 0.0170. The van der Waals surface area contributed by atoms with Crippen molar-refractivity contribution in [2.45, 2.75) is 38.6 Å². The molecule has 0 aliphatic heterocycles. The van der Waals surface area contributed by atoms with Gasteiger partial charge in [-0.25, -0.2) is 0 Å². The van der Waals surface area contributed by atoms with Crippen LogP contribution in [0.4, 0.5) is 0 Å². The van der Waals surface area contributed by atoms with Gasteiger partial charge >= 0.3 is 0 Å². The molecule has 1 aliphatic rings. The van der Waals surface area contributed by atoms with Crippen molar-refractivity contribution in [1.82, 2.24) is 0 Å². The maximum Gasteiger partial charge on any atom is 0.120 e. The minimum atomic E-state index is 0.0170. The number of nitrogens with two attached hydrogens (primary N) is 1. The molecule has 0 heterocycles. The SMILES string of the molecule is COc1ccc(C(N)C2(C)CCCC2)c(Cl)c1. The van der Waals surface area contributed by atoms with Gasteiger partial charge < -0.3 is 10.5 Å². The van der Waals surface area contributed by atoms with E-state index in [9.17, 15) is 0 Å². The molecular weight excluding hydrogens is 234 g/mol. The van der Waals surface area contributed by atoms with E-state index in [1.165, 1.54) is 25.7 Å². The lowest BCUT2D eigenvalue weighted by atomic mass is 9.78. The second kappa shape index (κ2) is 4.87. The van der Waals surface area contributed by atoms with Gasteiger partial charge in [-0.1, -0.05) is 37.4 Å². The number of rotatable bonds is 3. The van der Waals surface area contributed by atoms with E-state index in [1.54, 1.807) is 7.11 Å². The van der Waals surface area contributed by atoms with Gasteiger partial charge in [0.1, 0.15) is 5.75 Å². The van der Waals surface area contributed by atoms with E-state index < -0.39 is 0 Å². The van der Waals surface area contributed by atoms with Gasteiger partial charge in [0.2, 0.25) is 0 Å². The van der Waals surface area contributed by atoms with Crippen LogP contribution in [0.2, 0.25) is 5.02 Å². The van der Waals surface area contributed by atoms with E-state index in [-0.39, 0.29) is 11.5 Å². The van der Waals surface area contributed by atoms with Crippen molar-refractivity contribution < 1.29 is 4.74 Å². The van der Waals surface area contributed by atoms with Gasteiger partial charge in [-0.3, -0.25) is 0 Å². The van der Waals surface area contributed by atoms with Crippen LogP contribution in [0.5, 0.6) is 5.75 Å². The first-order valence-electron chi connectivity index (χ1n) is 6.16. The van der Waals surface area contributed by atoms with Crippen LogP contribution >= 0.6 is 11.6 Å². The lowest BCUT2D eigenvalue weighted by molar-refractivity contribution is 0.265. The Kier molecular flexibility index (Phi) is 3.64. The van der Waals surface area contributed by atoms with Crippen LogP contribution in [-0.4, -0.2) is 7.11 Å². The van der Waals surface area contributed by atoms with Gasteiger partial charge in [-0.2, -0.15) is 0 Å². The van der Waals surface area contributed by atoms with Crippen LogP contribution < -0.4 is 10.5 Å². The van der Waals surface area contributed by atoms with Crippen molar-refractivity contribution in [3.8, 4) is 5.75 Å². The maximum absolute atomic E-state index is 6.40. The molecule has 0 saturated heterocycles. The van der Waals surface area contributed by atoms with Gasteiger partial charge in [-0.15, -0.1) is 0 Å². The third-order valence-corrected chi connectivity index (χ3v) is 4.37. The third-order valence-electron chi connectivity index (χ3n) is 4.04. The highest BCUT2D eigenvalue weighted by molar-refractivity contribution is 6.31. The molecule has 3 heteroatoms. The molecule has 17 heavy (non-hydrogen) atoms. The molecule has 1 aromatic carbocycles. The molecule has 2 rings (SSSR count). The summed E-state index contributed by atoms with van der Waals surface area (Å²) in [6.07, 6.45) is 4.93. The highest BCUT2D eigenvalue weighted by atomic mass is 35.5. The minimum Gasteiger partial charge on any atom is -0.497 e. The maximum atomic E-state index is 6.40. The van der Waals surface area contributed by atoms with Crippen molar-refractivity contribution in [2.75, 3.05) is 7.11 Å². The highest BCUT2D eigenvalue weighted by Gasteiger charge is 2.36. The number of benzene rings is 1. The van der Waals surface area contributed by atoms with Crippen molar-refractivity contribution in [3.05, 3.63) is 28.8 Å². The average Bonchev–Trinajstić information content (AvgIpc) is 2.76. The zero-order chi connectivity index (χ0) is 12.5. The van der Waals surface area contributed by atoms with Gasteiger partial charge in [0.25, 0.3) is 0 Å².